The number of amides is 1. The van der Waals surface area contributed by atoms with E-state index in [9.17, 15) is 4.79 Å². The van der Waals surface area contributed by atoms with Crippen molar-refractivity contribution in [3.05, 3.63) is 53.7 Å². The summed E-state index contributed by atoms with van der Waals surface area (Å²) in [7, 11) is 0. The molecule has 1 amide bonds. The number of morpholine rings is 1. The first-order valence-electron chi connectivity index (χ1n) is 11.5. The van der Waals surface area contributed by atoms with Gasteiger partial charge in [0.2, 0.25) is 0 Å². The topological polar surface area (TPSA) is 98.3 Å². The van der Waals surface area contributed by atoms with E-state index in [1.165, 1.54) is 0 Å². The summed E-state index contributed by atoms with van der Waals surface area (Å²) in [4.78, 5) is 24.9. The first-order valence-corrected chi connectivity index (χ1v) is 11.5. The van der Waals surface area contributed by atoms with Gasteiger partial charge in [-0.25, -0.2) is 14.6 Å². The SMILES string of the molecule is Cc1cc(-c2cc(C(=O)Nc3ccc(N4CCOCC4)cn3)c3cnn(C(C)C)c3n2)c(C)o1. The second-order valence-corrected chi connectivity index (χ2v) is 8.76. The third-order valence-corrected chi connectivity index (χ3v) is 5.98. The zero-order valence-corrected chi connectivity index (χ0v) is 19.8. The van der Waals surface area contributed by atoms with Crippen molar-refractivity contribution in [1.82, 2.24) is 19.7 Å². The Balaban J connectivity index is 1.49. The number of aryl methyl sites for hydroxylation is 2. The molecule has 9 nitrogen and oxygen atoms in total. The first-order chi connectivity index (χ1) is 16.4. The number of rotatable bonds is 5. The predicted molar refractivity (Wildman–Crippen MR) is 130 cm³/mol. The van der Waals surface area contributed by atoms with Crippen molar-refractivity contribution in [3.63, 3.8) is 0 Å². The van der Waals surface area contributed by atoms with Crippen LogP contribution in [0.25, 0.3) is 22.3 Å². The molecule has 0 unspecified atom stereocenters. The van der Waals surface area contributed by atoms with Gasteiger partial charge >= 0.3 is 0 Å². The molecule has 1 saturated heterocycles. The highest BCUT2D eigenvalue weighted by atomic mass is 16.5. The molecule has 0 saturated carbocycles. The maximum atomic E-state index is 13.4. The maximum Gasteiger partial charge on any atom is 0.257 e. The highest BCUT2D eigenvalue weighted by Gasteiger charge is 2.21. The molecule has 0 bridgehead atoms. The molecular weight excluding hydrogens is 432 g/mol. The van der Waals surface area contributed by atoms with Crippen LogP contribution in [-0.4, -0.2) is 52.0 Å². The molecule has 176 valence electrons. The number of anilines is 2. The lowest BCUT2D eigenvalue weighted by atomic mass is 10.1. The van der Waals surface area contributed by atoms with Crippen molar-refractivity contribution in [1.29, 1.82) is 0 Å². The summed E-state index contributed by atoms with van der Waals surface area (Å²) in [6, 6.07) is 7.62. The van der Waals surface area contributed by atoms with Gasteiger partial charge in [-0.1, -0.05) is 0 Å². The van der Waals surface area contributed by atoms with Crippen molar-refractivity contribution in [2.75, 3.05) is 36.5 Å². The lowest BCUT2D eigenvalue weighted by Crippen LogP contribution is -2.36. The number of furan rings is 1. The quantitative estimate of drug-likeness (QED) is 0.472. The smallest absolute Gasteiger partial charge is 0.257 e. The maximum absolute atomic E-state index is 13.4. The second-order valence-electron chi connectivity index (χ2n) is 8.76. The largest absolute Gasteiger partial charge is 0.466 e. The van der Waals surface area contributed by atoms with Crippen molar-refractivity contribution in [2.24, 2.45) is 0 Å². The van der Waals surface area contributed by atoms with E-state index in [-0.39, 0.29) is 11.9 Å². The Hall–Kier alpha value is -3.72. The van der Waals surface area contributed by atoms with Gasteiger partial charge in [-0.3, -0.25) is 4.79 Å². The molecule has 4 aromatic rings. The molecule has 0 aliphatic carbocycles. The first kappa shape index (κ1) is 22.1. The van der Waals surface area contributed by atoms with E-state index in [4.69, 9.17) is 14.1 Å². The Morgan fingerprint density at radius 1 is 1.12 bits per heavy atom. The number of aromatic nitrogens is 4. The molecule has 34 heavy (non-hydrogen) atoms. The molecule has 0 radical (unpaired) electrons. The number of hydrogen-bond acceptors (Lipinski definition) is 7. The number of pyridine rings is 2. The van der Waals surface area contributed by atoms with Gasteiger partial charge in [0.1, 0.15) is 17.3 Å². The minimum Gasteiger partial charge on any atom is -0.466 e. The summed E-state index contributed by atoms with van der Waals surface area (Å²) in [6.07, 6.45) is 3.48. The molecule has 5 heterocycles. The number of nitrogens with one attached hydrogen (secondary N) is 1. The van der Waals surface area contributed by atoms with E-state index in [2.05, 4.69) is 20.3 Å². The van der Waals surface area contributed by atoms with Crippen LogP contribution in [0.3, 0.4) is 0 Å². The zero-order chi connectivity index (χ0) is 23.8. The van der Waals surface area contributed by atoms with Crippen LogP contribution in [-0.2, 0) is 4.74 Å². The van der Waals surface area contributed by atoms with Crippen LogP contribution in [0.15, 0.2) is 41.1 Å². The van der Waals surface area contributed by atoms with Gasteiger partial charge in [0.25, 0.3) is 5.91 Å². The van der Waals surface area contributed by atoms with Crippen LogP contribution in [0.5, 0.6) is 0 Å². The fourth-order valence-electron chi connectivity index (χ4n) is 4.26. The summed E-state index contributed by atoms with van der Waals surface area (Å²) in [5.41, 5.74) is 3.69. The van der Waals surface area contributed by atoms with E-state index in [0.717, 1.165) is 35.9 Å². The van der Waals surface area contributed by atoms with Gasteiger partial charge < -0.3 is 19.4 Å². The van der Waals surface area contributed by atoms with Gasteiger partial charge in [-0.05, 0) is 52.0 Å². The van der Waals surface area contributed by atoms with E-state index < -0.39 is 0 Å². The minimum atomic E-state index is -0.263. The lowest BCUT2D eigenvalue weighted by Gasteiger charge is -2.28. The van der Waals surface area contributed by atoms with E-state index in [1.807, 2.05) is 50.6 Å². The van der Waals surface area contributed by atoms with E-state index in [1.54, 1.807) is 18.5 Å². The molecule has 0 spiro atoms. The molecule has 4 aromatic heterocycles. The van der Waals surface area contributed by atoms with Crippen LogP contribution in [0.2, 0.25) is 0 Å². The average molecular weight is 461 g/mol. The van der Waals surface area contributed by atoms with E-state index >= 15 is 0 Å². The molecule has 1 aliphatic rings. The Bertz CT molecular complexity index is 1330. The number of carbonyl (C=O) groups excluding carboxylic acids is 1. The van der Waals surface area contributed by atoms with Crippen molar-refractivity contribution in [3.8, 4) is 11.3 Å². The normalized spacial score (nSPS) is 14.2. The Morgan fingerprint density at radius 3 is 2.56 bits per heavy atom. The minimum absolute atomic E-state index is 0.0951. The Morgan fingerprint density at radius 2 is 1.91 bits per heavy atom. The van der Waals surface area contributed by atoms with Crippen LogP contribution in [0.4, 0.5) is 11.5 Å². The number of fused-ring (bicyclic) bond motifs is 1. The third kappa shape index (κ3) is 4.14. The molecule has 1 aliphatic heterocycles. The van der Waals surface area contributed by atoms with Crippen LogP contribution in [0, 0.1) is 13.8 Å². The molecule has 0 aromatic carbocycles. The molecule has 0 atom stereocenters. The summed E-state index contributed by atoms with van der Waals surface area (Å²) in [6.45, 7) is 10.9. The zero-order valence-electron chi connectivity index (χ0n) is 19.8. The fraction of sp³-hybridized carbons (Fsp3) is 0.360. The summed E-state index contributed by atoms with van der Waals surface area (Å²) in [5, 5.41) is 8.12. The average Bonchev–Trinajstić information content (AvgIpc) is 3.42. The lowest BCUT2D eigenvalue weighted by molar-refractivity contribution is 0.102. The highest BCUT2D eigenvalue weighted by molar-refractivity contribution is 6.12. The second kappa shape index (κ2) is 8.90. The predicted octanol–water partition coefficient (Wildman–Crippen LogP) is 4.37. The highest BCUT2D eigenvalue weighted by Crippen LogP contribution is 2.30. The van der Waals surface area contributed by atoms with Crippen LogP contribution < -0.4 is 10.2 Å². The van der Waals surface area contributed by atoms with Gasteiger partial charge in [0, 0.05) is 24.7 Å². The van der Waals surface area contributed by atoms with Gasteiger partial charge in [0.15, 0.2) is 5.65 Å². The summed E-state index contributed by atoms with van der Waals surface area (Å²) >= 11 is 0. The Kier molecular flexibility index (Phi) is 5.79. The van der Waals surface area contributed by atoms with Crippen molar-refractivity contribution in [2.45, 2.75) is 33.7 Å². The van der Waals surface area contributed by atoms with Crippen molar-refractivity contribution < 1.29 is 13.9 Å². The van der Waals surface area contributed by atoms with Gasteiger partial charge in [0.05, 0.1) is 47.9 Å². The van der Waals surface area contributed by atoms with E-state index in [0.29, 0.717) is 41.3 Å². The van der Waals surface area contributed by atoms with Crippen molar-refractivity contribution >= 4 is 28.4 Å². The molecule has 1 N–H and O–H groups in total. The molecule has 1 fully saturated rings. The standard InChI is InChI=1S/C25H28N6O3/c1-15(2)31-24-21(14-27-31)20(12-22(28-24)19-11-16(3)34-17(19)4)25(32)29-23-6-5-18(13-26-23)30-7-9-33-10-8-30/h5-6,11-15H,7-10H2,1-4H3,(H,26,29,32). The fourth-order valence-corrected chi connectivity index (χ4v) is 4.26. The van der Waals surface area contributed by atoms with Gasteiger partial charge in [-0.15, -0.1) is 0 Å². The Labute approximate surface area is 197 Å². The number of ether oxygens (including phenoxy) is 1. The monoisotopic (exact) mass is 460 g/mol. The number of hydrogen-bond donors (Lipinski definition) is 1. The van der Waals surface area contributed by atoms with Crippen LogP contribution in [0.1, 0.15) is 41.8 Å². The summed E-state index contributed by atoms with van der Waals surface area (Å²) in [5.74, 6) is 1.77. The molecular formula is C25H28N6O3. The number of nitrogens with zero attached hydrogens (tertiary/aromatic N) is 5. The van der Waals surface area contributed by atoms with Crippen LogP contribution >= 0.6 is 0 Å². The molecule has 9 heteroatoms. The van der Waals surface area contributed by atoms with Gasteiger partial charge in [-0.2, -0.15) is 5.10 Å². The molecule has 5 rings (SSSR count). The number of carbonyl (C=O) groups is 1. The summed E-state index contributed by atoms with van der Waals surface area (Å²) < 4.78 is 13.0. The third-order valence-electron chi connectivity index (χ3n) is 5.98.